The van der Waals surface area contributed by atoms with Crippen molar-refractivity contribution < 1.29 is 16.5 Å². The predicted octanol–water partition coefficient (Wildman–Crippen LogP) is -5.23. The van der Waals surface area contributed by atoms with Gasteiger partial charge < -0.3 is 16.5 Å². The Morgan fingerprint density at radius 1 is 0.833 bits per heavy atom. The lowest BCUT2D eigenvalue weighted by Gasteiger charge is -2.31. The molecule has 12 heteroatoms. The maximum Gasteiger partial charge on any atom is 0.495 e. The van der Waals surface area contributed by atoms with Crippen LogP contribution in [-0.2, 0) is 16.5 Å². The molecule has 0 bridgehead atoms. The minimum absolute atomic E-state index is 1.17. The van der Waals surface area contributed by atoms with E-state index in [9.17, 15) is 0 Å². The maximum absolute atomic E-state index is 5.46. The Hall–Kier alpha value is 0.548. The second-order valence-corrected chi connectivity index (χ2v) is 10.4. The van der Waals surface area contributed by atoms with Gasteiger partial charge in [-0.1, -0.05) is 0 Å². The lowest BCUT2D eigenvalue weighted by molar-refractivity contribution is 0.269. The summed E-state index contributed by atoms with van der Waals surface area (Å²) >= 11 is 0. The summed E-state index contributed by atoms with van der Waals surface area (Å²) in [4.78, 5) is 0. The van der Waals surface area contributed by atoms with Crippen LogP contribution in [0.3, 0.4) is 0 Å². The van der Waals surface area contributed by atoms with Gasteiger partial charge >= 0.3 is 17.8 Å². The molecule has 0 aliphatic carbocycles. The molecule has 12 heavy (non-hydrogen) atoms. The van der Waals surface area contributed by atoms with Crippen molar-refractivity contribution in [2.24, 2.45) is 21.6 Å². The molecule has 72 valence electrons. The van der Waals surface area contributed by atoms with Crippen LogP contribution in [0.15, 0.2) is 0 Å². The summed E-state index contributed by atoms with van der Waals surface area (Å²) in [5.41, 5.74) is 0. The van der Waals surface area contributed by atoms with Crippen LogP contribution in [0.4, 0.5) is 0 Å². The van der Waals surface area contributed by atoms with Gasteiger partial charge in [0.25, 0.3) is 20.0 Å². The van der Waals surface area contributed by atoms with E-state index in [4.69, 9.17) is 38.1 Å². The van der Waals surface area contributed by atoms with Crippen molar-refractivity contribution in [2.75, 3.05) is 0 Å². The molecule has 0 radical (unpaired) electrons. The Labute approximate surface area is 76.4 Å². The highest BCUT2D eigenvalue weighted by Crippen LogP contribution is 2.00. The molecule has 0 amide bonds. The average molecular weight is 244 g/mol. The molecular formula is H12N4O4Si4. The van der Waals surface area contributed by atoms with Crippen molar-refractivity contribution in [3.8, 4) is 0 Å². The van der Waals surface area contributed by atoms with Crippen LogP contribution in [0.2, 0.25) is 0 Å². The van der Waals surface area contributed by atoms with Crippen LogP contribution in [0, 0.1) is 0 Å². The van der Waals surface area contributed by atoms with Gasteiger partial charge in [-0.2, -0.15) is 0 Å². The Bertz CT molecular complexity index is 145. The quantitative estimate of drug-likeness (QED) is 0.310. The second kappa shape index (κ2) is 3.73. The van der Waals surface area contributed by atoms with Gasteiger partial charge in [0.2, 0.25) is 0 Å². The summed E-state index contributed by atoms with van der Waals surface area (Å²) in [5, 5.41) is 21.8. The molecule has 1 aliphatic rings. The Morgan fingerprint density at radius 2 is 1.25 bits per heavy atom. The molecule has 1 aliphatic heterocycles. The monoisotopic (exact) mass is 244 g/mol. The third-order valence-electron chi connectivity index (χ3n) is 1.05. The van der Waals surface area contributed by atoms with Crippen molar-refractivity contribution in [1.29, 1.82) is 0 Å². The zero-order valence-electron chi connectivity index (χ0n) is 6.36. The topological polar surface area (TPSA) is 141 Å². The van der Waals surface area contributed by atoms with Crippen molar-refractivity contribution in [1.82, 2.24) is 0 Å². The first kappa shape index (κ1) is 10.6. The first-order valence-corrected chi connectivity index (χ1v) is 9.38. The molecule has 0 atom stereocenters. The summed E-state index contributed by atoms with van der Waals surface area (Å²) in [6.07, 6.45) is 0. The zero-order chi connectivity index (χ0) is 9.24. The average Bonchev–Trinajstić information content (AvgIpc) is 1.80. The first-order valence-electron chi connectivity index (χ1n) is 3.13. The number of hydrogen-bond acceptors (Lipinski definition) is 8. The highest BCUT2D eigenvalue weighted by Gasteiger charge is 2.43. The van der Waals surface area contributed by atoms with E-state index in [0.717, 1.165) is 0 Å². The van der Waals surface area contributed by atoms with Gasteiger partial charge in [0.15, 0.2) is 0 Å². The van der Waals surface area contributed by atoms with Crippen LogP contribution in [0.25, 0.3) is 0 Å². The molecule has 0 aromatic rings. The lowest BCUT2D eigenvalue weighted by atomic mass is 13.9. The largest absolute Gasteiger partial charge is 0.495 e. The van der Waals surface area contributed by atoms with Gasteiger partial charge in [0.1, 0.15) is 0 Å². The number of hydrogen-bond donors (Lipinski definition) is 4. The fourth-order valence-corrected chi connectivity index (χ4v) is 8.05. The standard InChI is InChI=1S/H12N4O4Si4/c1-11(2)6-9-5-10-7-12(3,4)8-11/h1-4,9-10H2. The van der Waals surface area contributed by atoms with Crippen molar-refractivity contribution in [3.63, 3.8) is 0 Å². The smallest absolute Gasteiger partial charge is 0.425 e. The van der Waals surface area contributed by atoms with E-state index in [1.165, 1.54) is 0 Å². The molecule has 8 nitrogen and oxygen atoms in total. The molecule has 0 aromatic carbocycles. The molecule has 0 aromatic heterocycles. The van der Waals surface area contributed by atoms with Gasteiger partial charge in [0.05, 0.1) is 0 Å². The van der Waals surface area contributed by atoms with Crippen LogP contribution < -0.4 is 21.6 Å². The van der Waals surface area contributed by atoms with E-state index >= 15 is 0 Å². The normalized spacial score (nSPS) is 33.0. The Morgan fingerprint density at radius 3 is 1.67 bits per heavy atom. The molecule has 1 fully saturated rings. The highest BCUT2D eigenvalue weighted by atomic mass is 28.5. The van der Waals surface area contributed by atoms with Gasteiger partial charge in [-0.15, -0.1) is 0 Å². The van der Waals surface area contributed by atoms with E-state index in [1.807, 2.05) is 0 Å². The molecule has 0 unspecified atom stereocenters. The third kappa shape index (κ3) is 3.51. The molecular weight excluding hydrogens is 232 g/mol. The molecule has 0 saturated carbocycles. The summed E-state index contributed by atoms with van der Waals surface area (Å²) in [6, 6.07) is 0. The fourth-order valence-electron chi connectivity index (χ4n) is 0.610. The SMILES string of the molecule is N[Si]1(N)O[SiH2]O[SiH2]O[Si](N)(N)O1. The Kier molecular flexibility index (Phi) is 3.31. The lowest BCUT2D eigenvalue weighted by Crippen LogP contribution is -2.76. The van der Waals surface area contributed by atoms with Gasteiger partial charge in [0, 0.05) is 0 Å². The van der Waals surface area contributed by atoms with Crippen LogP contribution in [0.5, 0.6) is 0 Å². The van der Waals surface area contributed by atoms with E-state index in [0.29, 0.717) is 0 Å². The van der Waals surface area contributed by atoms with E-state index < -0.39 is 37.8 Å². The maximum atomic E-state index is 5.46. The number of nitrogens with two attached hydrogens (primary N) is 4. The summed E-state index contributed by atoms with van der Waals surface area (Å²) in [6.45, 7) is 0. The van der Waals surface area contributed by atoms with Crippen molar-refractivity contribution in [3.05, 3.63) is 0 Å². The minimum atomic E-state index is -3.16. The van der Waals surface area contributed by atoms with E-state index in [-0.39, 0.29) is 0 Å². The van der Waals surface area contributed by atoms with Gasteiger partial charge in [-0.25, -0.2) is 0 Å². The summed E-state index contributed by atoms with van der Waals surface area (Å²) < 4.78 is 20.1. The van der Waals surface area contributed by atoms with E-state index in [1.54, 1.807) is 0 Å². The first-order chi connectivity index (χ1) is 5.41. The Balaban J connectivity index is 2.58. The zero-order valence-corrected chi connectivity index (χ0v) is 11.2. The fraction of sp³-hybridized carbons (Fsp3) is 0. The van der Waals surface area contributed by atoms with Gasteiger partial charge in [-0.05, 0) is 0 Å². The van der Waals surface area contributed by atoms with Crippen LogP contribution in [-0.4, -0.2) is 37.8 Å². The molecule has 1 saturated heterocycles. The summed E-state index contributed by atoms with van der Waals surface area (Å²) in [7, 11) is -8.66. The van der Waals surface area contributed by atoms with Crippen molar-refractivity contribution in [2.45, 2.75) is 0 Å². The molecule has 1 heterocycles. The molecule has 0 spiro atoms. The van der Waals surface area contributed by atoms with Crippen LogP contribution in [0.1, 0.15) is 0 Å². The number of rotatable bonds is 0. The van der Waals surface area contributed by atoms with Gasteiger partial charge in [-0.3, -0.25) is 21.6 Å². The summed E-state index contributed by atoms with van der Waals surface area (Å²) in [5.74, 6) is 0. The third-order valence-corrected chi connectivity index (χ3v) is 9.49. The molecule has 8 N–H and O–H groups in total. The van der Waals surface area contributed by atoms with Crippen molar-refractivity contribution >= 4 is 37.8 Å². The predicted molar refractivity (Wildman–Crippen MR) is 49.7 cm³/mol. The van der Waals surface area contributed by atoms with Crippen LogP contribution >= 0.6 is 0 Å². The van der Waals surface area contributed by atoms with E-state index in [2.05, 4.69) is 0 Å². The second-order valence-electron chi connectivity index (χ2n) is 2.27. The highest BCUT2D eigenvalue weighted by molar-refractivity contribution is 6.79. The molecule has 1 rings (SSSR count). The minimum Gasteiger partial charge on any atom is -0.425 e.